The molecule has 45 heavy (non-hydrogen) atoms. The molecule has 0 aliphatic carbocycles. The van der Waals surface area contributed by atoms with Crippen LogP contribution in [0.25, 0.3) is 80.9 Å². The second kappa shape index (κ2) is 9.63. The lowest BCUT2D eigenvalue weighted by Crippen LogP contribution is -2.55. The van der Waals surface area contributed by atoms with Crippen molar-refractivity contribution < 1.29 is 0 Å². The van der Waals surface area contributed by atoms with E-state index in [9.17, 15) is 0 Å². The van der Waals surface area contributed by atoms with Gasteiger partial charge in [0.15, 0.2) is 0 Å². The van der Waals surface area contributed by atoms with E-state index in [1.807, 2.05) is 30.3 Å². The molecule has 10 radical (unpaired) electrons. The van der Waals surface area contributed by atoms with Gasteiger partial charge in [0.25, 0.3) is 0 Å². The van der Waals surface area contributed by atoms with Crippen LogP contribution in [0, 0.1) is 0 Å². The van der Waals surface area contributed by atoms with E-state index in [1.54, 1.807) is 11.3 Å². The van der Waals surface area contributed by atoms with Gasteiger partial charge in [0, 0.05) is 31.6 Å². The molecule has 0 saturated heterocycles. The smallest absolute Gasteiger partial charge is 0.235 e. The summed E-state index contributed by atoms with van der Waals surface area (Å²) in [5, 5.41) is 7.86. The lowest BCUT2D eigenvalue weighted by Gasteiger charge is -2.22. The van der Waals surface area contributed by atoms with Crippen LogP contribution in [-0.2, 0) is 0 Å². The average Bonchev–Trinajstić information content (AvgIpc) is 3.63. The Morgan fingerprint density at radius 2 is 1.07 bits per heavy atom. The van der Waals surface area contributed by atoms with Crippen LogP contribution in [-0.4, -0.2) is 53.8 Å². The second-order valence-corrected chi connectivity index (χ2v) is 12.3. The minimum absolute atomic E-state index is 0.161. The van der Waals surface area contributed by atoms with Crippen LogP contribution in [0.15, 0.2) is 97.1 Å². The van der Waals surface area contributed by atoms with E-state index in [1.165, 1.54) is 30.9 Å². The lowest BCUT2D eigenvalue weighted by atomic mass is 9.60. The SMILES string of the molecule is [B]c1c([B])c([B])c(-c2nc(-n3c4ccccc4c4c5ccccc5c5c6ccccc6sc5c43)nc3ccccc23)c([B])c1[B]. The van der Waals surface area contributed by atoms with Crippen molar-refractivity contribution in [3.63, 3.8) is 0 Å². The lowest BCUT2D eigenvalue weighted by molar-refractivity contribution is 1.02. The molecule has 0 bridgehead atoms. The van der Waals surface area contributed by atoms with E-state index in [0.717, 1.165) is 32.7 Å². The first-order valence-electron chi connectivity index (χ1n) is 14.5. The third-order valence-electron chi connectivity index (χ3n) is 8.88. The van der Waals surface area contributed by atoms with Crippen molar-refractivity contribution in [2.75, 3.05) is 0 Å². The highest BCUT2D eigenvalue weighted by molar-refractivity contribution is 7.27. The van der Waals surface area contributed by atoms with E-state index < -0.39 is 0 Å². The number of benzene rings is 6. The van der Waals surface area contributed by atoms with E-state index >= 15 is 0 Å². The van der Waals surface area contributed by atoms with Crippen LogP contribution in [0.1, 0.15) is 0 Å². The Morgan fingerprint density at radius 1 is 0.511 bits per heavy atom. The zero-order valence-electron chi connectivity index (χ0n) is 23.9. The summed E-state index contributed by atoms with van der Waals surface area (Å²) in [7, 11) is 32.0. The van der Waals surface area contributed by atoms with Gasteiger partial charge in [-0.05, 0) is 34.5 Å². The van der Waals surface area contributed by atoms with Crippen molar-refractivity contribution in [3.8, 4) is 17.2 Å². The molecule has 0 atom stereocenters. The summed E-state index contributed by atoms with van der Waals surface area (Å²) in [6.45, 7) is 0. The van der Waals surface area contributed by atoms with Crippen LogP contribution >= 0.6 is 11.3 Å². The molecule has 0 aliphatic rings. The van der Waals surface area contributed by atoms with Crippen molar-refractivity contribution in [3.05, 3.63) is 97.1 Å². The quantitative estimate of drug-likeness (QED) is 0.293. The summed E-state index contributed by atoms with van der Waals surface area (Å²) >= 11 is 1.78. The normalized spacial score (nSPS) is 12.0. The van der Waals surface area contributed by atoms with Gasteiger partial charge in [-0.1, -0.05) is 89.8 Å². The fraction of sp³-hybridized carbons (Fsp3) is 0. The number of thiophene rings is 1. The van der Waals surface area contributed by atoms with E-state index in [0.29, 0.717) is 17.2 Å². The average molecular weight is 577 g/mol. The third kappa shape index (κ3) is 3.59. The number of para-hydroxylation sites is 2. The molecule has 0 N–H and O–H groups in total. The molecule has 196 valence electrons. The minimum atomic E-state index is 0.161. The molecular weight excluding hydrogens is 561 g/mol. The molecule has 6 aromatic carbocycles. The van der Waals surface area contributed by atoms with Gasteiger partial charge in [0.2, 0.25) is 5.95 Å². The fourth-order valence-electron chi connectivity index (χ4n) is 6.79. The summed E-state index contributed by atoms with van der Waals surface area (Å²) in [6, 6.07) is 33.4. The number of hydrogen-bond donors (Lipinski definition) is 0. The monoisotopic (exact) mass is 577 g/mol. The molecule has 9 heteroatoms. The van der Waals surface area contributed by atoms with Crippen molar-refractivity contribution in [2.24, 2.45) is 0 Å². The Morgan fingerprint density at radius 3 is 1.80 bits per heavy atom. The Balaban J connectivity index is 1.52. The predicted molar refractivity (Wildman–Crippen MR) is 197 cm³/mol. The Labute approximate surface area is 269 Å². The van der Waals surface area contributed by atoms with Gasteiger partial charge in [0.1, 0.15) is 39.2 Å². The van der Waals surface area contributed by atoms with Crippen molar-refractivity contribution >= 4 is 142 Å². The maximum Gasteiger partial charge on any atom is 0.235 e. The molecule has 0 saturated carbocycles. The summed E-state index contributed by atoms with van der Waals surface area (Å²) in [4.78, 5) is 10.4. The van der Waals surface area contributed by atoms with Gasteiger partial charge in [-0.25, -0.2) is 9.97 Å². The Kier molecular flexibility index (Phi) is 5.70. The molecule has 3 aromatic heterocycles. The van der Waals surface area contributed by atoms with Gasteiger partial charge >= 0.3 is 0 Å². The molecule has 9 aromatic rings. The highest BCUT2D eigenvalue weighted by Gasteiger charge is 2.24. The Hall–Kier alpha value is -4.74. The number of fused-ring (bicyclic) bond motifs is 11. The molecule has 0 unspecified atom stereocenters. The van der Waals surface area contributed by atoms with Crippen molar-refractivity contribution in [1.29, 1.82) is 0 Å². The first kappa shape index (κ1) is 26.6. The number of rotatable bonds is 2. The van der Waals surface area contributed by atoms with Crippen LogP contribution in [0.4, 0.5) is 0 Å². The molecule has 0 amide bonds. The summed E-state index contributed by atoms with van der Waals surface area (Å²) in [5.74, 6) is 0.483. The van der Waals surface area contributed by atoms with Gasteiger partial charge in [-0.2, -0.15) is 0 Å². The van der Waals surface area contributed by atoms with Crippen LogP contribution < -0.4 is 27.3 Å². The van der Waals surface area contributed by atoms with Crippen molar-refractivity contribution in [1.82, 2.24) is 14.5 Å². The fourth-order valence-corrected chi connectivity index (χ4v) is 8.05. The molecule has 3 nitrogen and oxygen atoms in total. The number of hydrogen-bond acceptors (Lipinski definition) is 3. The molecular formula is C36H16B5N3S. The second-order valence-electron chi connectivity index (χ2n) is 11.3. The third-order valence-corrected chi connectivity index (χ3v) is 10.1. The van der Waals surface area contributed by atoms with Gasteiger partial charge in [-0.15, -0.1) is 27.7 Å². The maximum atomic E-state index is 6.60. The van der Waals surface area contributed by atoms with Crippen molar-refractivity contribution in [2.45, 2.75) is 0 Å². The van der Waals surface area contributed by atoms with Crippen LogP contribution in [0.5, 0.6) is 0 Å². The first-order chi connectivity index (χ1) is 21.9. The maximum absolute atomic E-state index is 6.60. The zero-order valence-corrected chi connectivity index (χ0v) is 24.7. The van der Waals surface area contributed by atoms with Gasteiger partial charge < -0.3 is 0 Å². The van der Waals surface area contributed by atoms with Crippen LogP contribution in [0.3, 0.4) is 0 Å². The van der Waals surface area contributed by atoms with E-state index in [4.69, 9.17) is 49.2 Å². The van der Waals surface area contributed by atoms with E-state index in [-0.39, 0.29) is 27.3 Å². The summed E-state index contributed by atoms with van der Waals surface area (Å²) < 4.78 is 4.55. The first-order valence-corrected chi connectivity index (χ1v) is 15.3. The number of aromatic nitrogens is 3. The standard InChI is InChI=1S/C36H16B5N3S/c37-28-27(29(38)31(40)32(41)30(28)39)33-19-11-3-6-14-22(19)42-36(43-33)44-23-15-7-4-12-20(23)25-17-9-1-2-10-18(17)26-21-13-5-8-16-24(21)45-35(26)34(25)44/h1-16H. The van der Waals surface area contributed by atoms with Crippen LogP contribution in [0.2, 0.25) is 0 Å². The molecule has 0 fully saturated rings. The van der Waals surface area contributed by atoms with E-state index in [2.05, 4.69) is 71.3 Å². The predicted octanol–water partition coefficient (Wildman–Crippen LogP) is 3.88. The highest BCUT2D eigenvalue weighted by atomic mass is 32.1. The molecule has 9 rings (SSSR count). The summed E-state index contributed by atoms with van der Waals surface area (Å²) in [6.07, 6.45) is 0. The zero-order chi connectivity index (χ0) is 30.6. The minimum Gasteiger partial charge on any atom is -0.276 e. The van der Waals surface area contributed by atoms with Gasteiger partial charge in [0.05, 0.1) is 26.9 Å². The van der Waals surface area contributed by atoms with Gasteiger partial charge in [-0.3, -0.25) is 4.57 Å². The summed E-state index contributed by atoms with van der Waals surface area (Å²) in [5.41, 5.74) is 4.71. The topological polar surface area (TPSA) is 30.7 Å². The molecule has 3 heterocycles. The Bertz CT molecular complexity index is 2700. The molecule has 0 spiro atoms. The number of nitrogens with zero attached hydrogens (tertiary/aromatic N) is 3. The largest absolute Gasteiger partial charge is 0.276 e. The highest BCUT2D eigenvalue weighted by Crippen LogP contribution is 2.47. The molecule has 0 aliphatic heterocycles.